The van der Waals surface area contributed by atoms with Crippen molar-refractivity contribution in [1.29, 1.82) is 0 Å². The Hall–Kier alpha value is -2.12. The van der Waals surface area contributed by atoms with Crippen molar-refractivity contribution < 1.29 is 23.1 Å². The van der Waals surface area contributed by atoms with Crippen LogP contribution in [0, 0.1) is 0 Å². The van der Waals surface area contributed by atoms with Gasteiger partial charge in [-0.15, -0.1) is 0 Å². The van der Waals surface area contributed by atoms with Gasteiger partial charge in [0.15, 0.2) is 0 Å². The van der Waals surface area contributed by atoms with Gasteiger partial charge < -0.3 is 10.4 Å². The van der Waals surface area contributed by atoms with Crippen LogP contribution in [0.4, 0.5) is 13.2 Å². The van der Waals surface area contributed by atoms with Crippen molar-refractivity contribution in [1.82, 2.24) is 10.3 Å². The molecule has 0 saturated heterocycles. The Kier molecular flexibility index (Phi) is 5.23. The summed E-state index contributed by atoms with van der Waals surface area (Å²) in [5.74, 6) is -0.626. The van der Waals surface area contributed by atoms with Crippen LogP contribution in [0.3, 0.4) is 0 Å². The average Bonchev–Trinajstić information content (AvgIpc) is 2.52. The molecule has 0 saturated carbocycles. The van der Waals surface area contributed by atoms with E-state index < -0.39 is 23.9 Å². The number of nitrogens with zero attached hydrogens (tertiary/aromatic N) is 1. The lowest BCUT2D eigenvalue weighted by Gasteiger charge is -2.12. The van der Waals surface area contributed by atoms with Crippen molar-refractivity contribution in [3.63, 3.8) is 0 Å². The highest BCUT2D eigenvalue weighted by Crippen LogP contribution is 2.27. The maximum atomic E-state index is 12.4. The molecule has 1 aromatic heterocycles. The van der Waals surface area contributed by atoms with Crippen LogP contribution in [0.25, 0.3) is 0 Å². The van der Waals surface area contributed by atoms with Gasteiger partial charge in [-0.1, -0.05) is 23.7 Å². The highest BCUT2D eigenvalue weighted by atomic mass is 35.5. The summed E-state index contributed by atoms with van der Waals surface area (Å²) in [7, 11) is 0. The van der Waals surface area contributed by atoms with Gasteiger partial charge in [0, 0.05) is 17.8 Å². The van der Waals surface area contributed by atoms with Crippen LogP contribution in [0.5, 0.6) is 0 Å². The minimum atomic E-state index is -4.56. The van der Waals surface area contributed by atoms with Crippen molar-refractivity contribution in [2.45, 2.75) is 12.3 Å². The van der Waals surface area contributed by atoms with Crippen molar-refractivity contribution in [3.8, 4) is 0 Å². The molecular formula is C15H12ClF3N2O2. The van der Waals surface area contributed by atoms with E-state index in [1.165, 1.54) is 0 Å². The Morgan fingerprint density at radius 1 is 1.22 bits per heavy atom. The number of hydrogen-bond acceptors (Lipinski definition) is 3. The summed E-state index contributed by atoms with van der Waals surface area (Å²) in [6.45, 7) is -0.0957. The van der Waals surface area contributed by atoms with Crippen molar-refractivity contribution in [2.24, 2.45) is 0 Å². The van der Waals surface area contributed by atoms with Crippen molar-refractivity contribution in [3.05, 3.63) is 64.4 Å². The van der Waals surface area contributed by atoms with E-state index in [1.54, 1.807) is 24.3 Å². The molecule has 0 bridgehead atoms. The summed E-state index contributed by atoms with van der Waals surface area (Å²) >= 11 is 5.73. The van der Waals surface area contributed by atoms with Gasteiger partial charge >= 0.3 is 6.18 Å². The number of aromatic nitrogens is 1. The molecule has 0 radical (unpaired) electrons. The largest absolute Gasteiger partial charge is 0.433 e. The minimum Gasteiger partial charge on any atom is -0.387 e. The molecular weight excluding hydrogens is 333 g/mol. The van der Waals surface area contributed by atoms with Gasteiger partial charge in [-0.2, -0.15) is 13.2 Å². The molecule has 0 aliphatic carbocycles. The number of aliphatic hydroxyl groups is 1. The highest BCUT2D eigenvalue weighted by molar-refractivity contribution is 6.30. The van der Waals surface area contributed by atoms with Crippen LogP contribution in [-0.4, -0.2) is 22.5 Å². The lowest BCUT2D eigenvalue weighted by atomic mass is 10.1. The molecule has 0 aliphatic heterocycles. The van der Waals surface area contributed by atoms with Crippen LogP contribution in [-0.2, 0) is 6.18 Å². The molecule has 2 N–H and O–H groups in total. The summed E-state index contributed by atoms with van der Waals surface area (Å²) in [6, 6.07) is 8.17. The van der Waals surface area contributed by atoms with Crippen LogP contribution in [0.15, 0.2) is 42.6 Å². The number of hydrogen-bond donors (Lipinski definition) is 2. The fourth-order valence-corrected chi connectivity index (χ4v) is 1.92. The lowest BCUT2D eigenvalue weighted by molar-refractivity contribution is -0.141. The number of carbonyl (C=O) groups is 1. The van der Waals surface area contributed by atoms with Gasteiger partial charge in [0.25, 0.3) is 5.91 Å². The van der Waals surface area contributed by atoms with Gasteiger partial charge in [-0.25, -0.2) is 0 Å². The van der Waals surface area contributed by atoms with E-state index in [0.29, 0.717) is 10.6 Å². The molecule has 0 aliphatic rings. The Morgan fingerprint density at radius 3 is 2.39 bits per heavy atom. The van der Waals surface area contributed by atoms with Crippen molar-refractivity contribution in [2.75, 3.05) is 6.54 Å². The second-order valence-electron chi connectivity index (χ2n) is 4.71. The fourth-order valence-electron chi connectivity index (χ4n) is 1.79. The first-order chi connectivity index (χ1) is 10.8. The number of alkyl halides is 3. The molecule has 8 heteroatoms. The Balaban J connectivity index is 1.95. The first-order valence-corrected chi connectivity index (χ1v) is 6.90. The summed E-state index contributed by atoms with van der Waals surface area (Å²) in [6.07, 6.45) is -4.68. The number of halogens is 4. The van der Waals surface area contributed by atoms with Crippen LogP contribution < -0.4 is 5.32 Å². The third-order valence-corrected chi connectivity index (χ3v) is 3.28. The zero-order valence-electron chi connectivity index (χ0n) is 11.6. The molecule has 122 valence electrons. The molecule has 0 spiro atoms. The second kappa shape index (κ2) is 6.97. The van der Waals surface area contributed by atoms with E-state index in [9.17, 15) is 23.1 Å². The minimum absolute atomic E-state index is 0.0266. The zero-order chi connectivity index (χ0) is 17.0. The van der Waals surface area contributed by atoms with Crippen molar-refractivity contribution >= 4 is 17.5 Å². The normalized spacial score (nSPS) is 12.7. The predicted octanol–water partition coefficient (Wildman–Crippen LogP) is 3.22. The van der Waals surface area contributed by atoms with Crippen LogP contribution in [0.1, 0.15) is 27.7 Å². The smallest absolute Gasteiger partial charge is 0.387 e. The van der Waals surface area contributed by atoms with Gasteiger partial charge in [0.2, 0.25) is 0 Å². The van der Waals surface area contributed by atoms with E-state index in [0.717, 1.165) is 18.3 Å². The molecule has 1 unspecified atom stereocenters. The van der Waals surface area contributed by atoms with E-state index in [-0.39, 0.29) is 12.1 Å². The molecule has 0 fully saturated rings. The molecule has 1 atom stereocenters. The molecule has 23 heavy (non-hydrogen) atoms. The predicted molar refractivity (Wildman–Crippen MR) is 78.0 cm³/mol. The van der Waals surface area contributed by atoms with Gasteiger partial charge in [-0.05, 0) is 29.8 Å². The molecule has 1 amide bonds. The number of rotatable bonds is 4. The quantitative estimate of drug-likeness (QED) is 0.895. The summed E-state index contributed by atoms with van der Waals surface area (Å²) in [4.78, 5) is 15.0. The van der Waals surface area contributed by atoms with Crippen LogP contribution in [0.2, 0.25) is 5.02 Å². The van der Waals surface area contributed by atoms with E-state index >= 15 is 0 Å². The van der Waals surface area contributed by atoms with E-state index in [4.69, 9.17) is 11.6 Å². The molecule has 1 aromatic carbocycles. The number of benzene rings is 1. The highest BCUT2D eigenvalue weighted by Gasteiger charge is 2.32. The van der Waals surface area contributed by atoms with Gasteiger partial charge in [-0.3, -0.25) is 9.78 Å². The van der Waals surface area contributed by atoms with Crippen LogP contribution >= 0.6 is 11.6 Å². The first kappa shape index (κ1) is 17.2. The Labute approximate surface area is 134 Å². The maximum absolute atomic E-state index is 12.4. The van der Waals surface area contributed by atoms with E-state index in [2.05, 4.69) is 10.3 Å². The lowest BCUT2D eigenvalue weighted by Crippen LogP contribution is -2.28. The SMILES string of the molecule is O=C(NCC(O)c1ccc(Cl)cc1)c1ccc(C(F)(F)F)nc1. The standard InChI is InChI=1S/C15H12ClF3N2O2/c16-11-4-1-9(2-5-11)12(22)8-21-14(23)10-3-6-13(20-7-10)15(17,18)19/h1-7,12,22H,8H2,(H,21,23). The number of nitrogens with one attached hydrogen (secondary N) is 1. The zero-order valence-corrected chi connectivity index (χ0v) is 12.4. The number of carbonyl (C=O) groups excluding carboxylic acids is 1. The third kappa shape index (κ3) is 4.67. The molecule has 2 aromatic rings. The molecule has 4 nitrogen and oxygen atoms in total. The van der Waals surface area contributed by atoms with E-state index in [1.807, 2.05) is 0 Å². The number of amides is 1. The average molecular weight is 345 g/mol. The molecule has 2 rings (SSSR count). The monoisotopic (exact) mass is 344 g/mol. The third-order valence-electron chi connectivity index (χ3n) is 3.03. The summed E-state index contributed by atoms with van der Waals surface area (Å²) in [5, 5.41) is 12.9. The Bertz CT molecular complexity index is 673. The summed E-state index contributed by atoms with van der Waals surface area (Å²) in [5.41, 5.74) is -0.545. The van der Waals surface area contributed by atoms with Gasteiger partial charge in [0.05, 0.1) is 11.7 Å². The Morgan fingerprint density at radius 2 is 1.87 bits per heavy atom. The number of aliphatic hydroxyl groups excluding tert-OH is 1. The second-order valence-corrected chi connectivity index (χ2v) is 5.14. The van der Waals surface area contributed by atoms with Gasteiger partial charge in [0.1, 0.15) is 5.69 Å². The fraction of sp³-hybridized carbons (Fsp3) is 0.200. The topological polar surface area (TPSA) is 62.2 Å². The first-order valence-electron chi connectivity index (χ1n) is 6.52. The number of pyridine rings is 1. The summed E-state index contributed by atoms with van der Waals surface area (Å²) < 4.78 is 37.2. The maximum Gasteiger partial charge on any atom is 0.433 e. The molecule has 1 heterocycles.